The molecule has 0 aliphatic carbocycles. The maximum atomic E-state index is 5.95. The molecule has 19 heavy (non-hydrogen) atoms. The van der Waals surface area contributed by atoms with Crippen molar-refractivity contribution in [1.82, 2.24) is 0 Å². The van der Waals surface area contributed by atoms with Crippen LogP contribution in [0, 0.1) is 11.3 Å². The molecule has 0 unspecified atom stereocenters. The van der Waals surface area contributed by atoms with Crippen molar-refractivity contribution >= 4 is 24.1 Å². The average molecular weight is 299 g/mol. The third-order valence-corrected chi connectivity index (χ3v) is 6.91. The lowest BCUT2D eigenvalue weighted by atomic mass is 9.81. The highest BCUT2D eigenvalue weighted by Crippen LogP contribution is 2.57. The lowest BCUT2D eigenvalue weighted by molar-refractivity contribution is 0.129. The fourth-order valence-electron chi connectivity index (χ4n) is 2.14. The number of nitrogens with zero attached hydrogens (tertiary/aromatic N) is 1. The molecule has 0 spiro atoms. The highest BCUT2D eigenvalue weighted by molar-refractivity contribution is 8.10. The number of benzene rings is 1. The molecular formula is C14H22NO2PS. The fourth-order valence-corrected chi connectivity index (χ4v) is 4.43. The second-order valence-electron chi connectivity index (χ2n) is 5.93. The largest absolute Gasteiger partial charge is 0.317 e. The van der Waals surface area contributed by atoms with E-state index in [1.54, 1.807) is 7.11 Å². The Morgan fingerprint density at radius 3 is 2.47 bits per heavy atom. The average Bonchev–Trinajstić information content (AvgIpc) is 2.39. The Morgan fingerprint density at radius 2 is 1.95 bits per heavy atom. The van der Waals surface area contributed by atoms with Gasteiger partial charge in [-0.3, -0.25) is 0 Å². The van der Waals surface area contributed by atoms with Gasteiger partial charge in [-0.25, -0.2) is 0 Å². The number of rotatable bonds is 2. The van der Waals surface area contributed by atoms with Crippen molar-refractivity contribution in [3.8, 4) is 0 Å². The van der Waals surface area contributed by atoms with Crippen LogP contribution in [0.15, 0.2) is 30.3 Å². The molecule has 0 N–H and O–H groups in total. The Morgan fingerprint density at radius 1 is 1.32 bits per heavy atom. The molecule has 3 nitrogen and oxygen atoms in total. The topological polar surface area (TPSA) is 21.7 Å². The van der Waals surface area contributed by atoms with Gasteiger partial charge in [0, 0.05) is 25.3 Å². The zero-order valence-electron chi connectivity index (χ0n) is 12.0. The van der Waals surface area contributed by atoms with E-state index in [0.29, 0.717) is 12.5 Å². The minimum atomic E-state index is -2.37. The molecule has 0 radical (unpaired) electrons. The molecule has 1 saturated heterocycles. The highest BCUT2D eigenvalue weighted by Gasteiger charge is 2.39. The van der Waals surface area contributed by atoms with Crippen molar-refractivity contribution in [2.45, 2.75) is 20.8 Å². The van der Waals surface area contributed by atoms with Crippen LogP contribution in [0.5, 0.6) is 0 Å². The summed E-state index contributed by atoms with van der Waals surface area (Å²) in [6.07, 6.45) is 0. The molecule has 0 bridgehead atoms. The minimum absolute atomic E-state index is 0.196. The van der Waals surface area contributed by atoms with Crippen molar-refractivity contribution in [3.05, 3.63) is 30.3 Å². The van der Waals surface area contributed by atoms with E-state index in [1.807, 2.05) is 18.2 Å². The van der Waals surface area contributed by atoms with Crippen LogP contribution >= 0.6 is 6.64 Å². The van der Waals surface area contributed by atoms with Gasteiger partial charge in [0.1, 0.15) is 0 Å². The van der Waals surface area contributed by atoms with Crippen LogP contribution in [0.1, 0.15) is 20.8 Å². The van der Waals surface area contributed by atoms with Crippen LogP contribution in [-0.2, 0) is 20.9 Å². The molecule has 1 heterocycles. The van der Waals surface area contributed by atoms with Crippen LogP contribution in [0.3, 0.4) is 0 Å². The molecule has 2 rings (SSSR count). The van der Waals surface area contributed by atoms with Gasteiger partial charge in [0.2, 0.25) is 0 Å². The Bertz CT molecular complexity index is 472. The van der Waals surface area contributed by atoms with Gasteiger partial charge < -0.3 is 13.7 Å². The van der Waals surface area contributed by atoms with Gasteiger partial charge in [0.05, 0.1) is 6.61 Å². The second kappa shape index (κ2) is 5.53. The molecule has 1 aliphatic rings. The summed E-state index contributed by atoms with van der Waals surface area (Å²) in [7, 11) is 1.65. The molecule has 0 amide bonds. The first-order valence-corrected chi connectivity index (χ1v) is 9.09. The normalized spacial score (nSPS) is 28.4. The van der Waals surface area contributed by atoms with Crippen molar-refractivity contribution in [2.75, 3.05) is 24.9 Å². The number of anilines is 1. The Balaban J connectivity index is 2.32. The number of para-hydroxylation sites is 1. The Kier molecular flexibility index (Phi) is 4.36. The van der Waals surface area contributed by atoms with E-state index in [1.165, 1.54) is 0 Å². The first-order valence-electron chi connectivity index (χ1n) is 6.50. The fraction of sp³-hybridized carbons (Fsp3) is 0.571. The van der Waals surface area contributed by atoms with E-state index in [9.17, 15) is 0 Å². The summed E-state index contributed by atoms with van der Waals surface area (Å²) in [5, 5.41) is 0. The van der Waals surface area contributed by atoms with Gasteiger partial charge in [0.15, 0.2) is 0 Å². The van der Waals surface area contributed by atoms with Crippen LogP contribution in [0.25, 0.3) is 0 Å². The van der Waals surface area contributed by atoms with E-state index in [2.05, 4.69) is 37.6 Å². The molecule has 0 saturated carbocycles. The van der Waals surface area contributed by atoms with Crippen LogP contribution in [0.2, 0.25) is 0 Å². The molecule has 1 fully saturated rings. The van der Waals surface area contributed by atoms with Crippen LogP contribution in [-0.4, -0.2) is 20.3 Å². The summed E-state index contributed by atoms with van der Waals surface area (Å²) in [5.41, 5.74) is 1.28. The molecule has 2 atom stereocenters. The third kappa shape index (κ3) is 3.19. The third-order valence-electron chi connectivity index (χ3n) is 3.64. The monoisotopic (exact) mass is 299 g/mol. The van der Waals surface area contributed by atoms with E-state index in [-0.39, 0.29) is 5.41 Å². The maximum Gasteiger partial charge on any atom is 0.289 e. The lowest BCUT2D eigenvalue weighted by Gasteiger charge is -2.45. The zero-order chi connectivity index (χ0) is 14.1. The molecule has 5 heteroatoms. The van der Waals surface area contributed by atoms with E-state index in [4.69, 9.17) is 20.9 Å². The lowest BCUT2D eigenvalue weighted by Crippen LogP contribution is -2.41. The van der Waals surface area contributed by atoms with Gasteiger partial charge >= 0.3 is 0 Å². The van der Waals surface area contributed by atoms with Crippen molar-refractivity contribution in [2.24, 2.45) is 11.3 Å². The summed E-state index contributed by atoms with van der Waals surface area (Å²) in [5.74, 6) is 0.443. The Hall–Kier alpha value is -0.410. The molecule has 1 aromatic carbocycles. The molecule has 1 aliphatic heterocycles. The SMILES string of the molecule is CO[P@@]1(=S)OC[C@H](C(C)(C)C)CN1c1ccccc1. The predicted octanol–water partition coefficient (Wildman–Crippen LogP) is 4.06. The highest BCUT2D eigenvalue weighted by atomic mass is 32.5. The van der Waals surface area contributed by atoms with Gasteiger partial charge in [-0.1, -0.05) is 39.0 Å². The van der Waals surface area contributed by atoms with Gasteiger partial charge in [-0.15, -0.1) is 0 Å². The summed E-state index contributed by atoms with van der Waals surface area (Å²) >= 11 is 5.63. The summed E-state index contributed by atoms with van der Waals surface area (Å²) < 4.78 is 13.6. The van der Waals surface area contributed by atoms with E-state index in [0.717, 1.165) is 12.2 Å². The van der Waals surface area contributed by atoms with Crippen molar-refractivity contribution in [3.63, 3.8) is 0 Å². The summed E-state index contributed by atoms with van der Waals surface area (Å²) in [4.78, 5) is 0. The van der Waals surface area contributed by atoms with Gasteiger partial charge in [-0.2, -0.15) is 0 Å². The molecule has 106 valence electrons. The van der Waals surface area contributed by atoms with E-state index < -0.39 is 6.64 Å². The second-order valence-corrected chi connectivity index (χ2v) is 9.36. The summed E-state index contributed by atoms with van der Waals surface area (Å²) in [6, 6.07) is 10.2. The van der Waals surface area contributed by atoms with Gasteiger partial charge in [-0.05, 0) is 29.4 Å². The zero-order valence-corrected chi connectivity index (χ0v) is 13.7. The van der Waals surface area contributed by atoms with E-state index >= 15 is 0 Å². The molecule has 0 aromatic heterocycles. The first kappa shape index (κ1) is 15.0. The smallest absolute Gasteiger partial charge is 0.289 e. The Labute approximate surface area is 121 Å². The predicted molar refractivity (Wildman–Crippen MR) is 84.0 cm³/mol. The van der Waals surface area contributed by atoms with Gasteiger partial charge in [0.25, 0.3) is 6.64 Å². The first-order chi connectivity index (χ1) is 8.87. The van der Waals surface area contributed by atoms with Crippen molar-refractivity contribution < 1.29 is 9.05 Å². The number of hydrogen-bond donors (Lipinski definition) is 0. The minimum Gasteiger partial charge on any atom is -0.317 e. The molecular weight excluding hydrogens is 277 g/mol. The van der Waals surface area contributed by atoms with Crippen LogP contribution < -0.4 is 4.67 Å². The van der Waals surface area contributed by atoms with Crippen LogP contribution in [0.4, 0.5) is 5.69 Å². The number of hydrogen-bond acceptors (Lipinski definition) is 3. The standard InChI is InChI=1S/C14H22NO2PS/c1-14(2,3)12-10-15(13-8-6-5-7-9-13)18(19,16-4)17-11-12/h5-9,12H,10-11H2,1-4H3/t12-,18-/m1/s1. The molecule has 1 aromatic rings. The van der Waals surface area contributed by atoms with Crippen molar-refractivity contribution in [1.29, 1.82) is 0 Å². The quantitative estimate of drug-likeness (QED) is 0.768. The maximum absolute atomic E-state index is 5.95. The summed E-state index contributed by atoms with van der Waals surface area (Å²) in [6.45, 7) is 5.93.